The summed E-state index contributed by atoms with van der Waals surface area (Å²) in [6, 6.07) is 1.16. The van der Waals surface area contributed by atoms with Gasteiger partial charge in [0.05, 0.1) is 12.6 Å². The molecule has 0 bridgehead atoms. The van der Waals surface area contributed by atoms with Crippen molar-refractivity contribution in [2.45, 2.75) is 19.9 Å². The van der Waals surface area contributed by atoms with Crippen LogP contribution in [0.1, 0.15) is 19.9 Å². The Morgan fingerprint density at radius 3 is 2.60 bits per heavy atom. The van der Waals surface area contributed by atoms with Crippen LogP contribution < -0.4 is 0 Å². The Morgan fingerprint density at radius 2 is 2.05 bits per heavy atom. The third kappa shape index (κ3) is 2.33. The highest BCUT2D eigenvalue weighted by molar-refractivity contribution is 7.71. The Morgan fingerprint density at radius 1 is 1.40 bits per heavy atom. The smallest absolute Gasteiger partial charge is 0.329 e. The largest absolute Gasteiger partial charge is 0.467 e. The number of aromatic amines is 1. The molecule has 0 fully saturated rings. The molecule has 0 aliphatic heterocycles. The van der Waals surface area contributed by atoms with Gasteiger partial charge in [-0.05, 0) is 24.2 Å². The fourth-order valence-corrected chi connectivity index (χ4v) is 2.54. The zero-order chi connectivity index (χ0) is 15.0. The van der Waals surface area contributed by atoms with Gasteiger partial charge in [0.2, 0.25) is 0 Å². The maximum atomic E-state index is 13.7. The lowest BCUT2D eigenvalue weighted by Crippen LogP contribution is -2.25. The molecule has 2 rings (SSSR count). The van der Waals surface area contributed by atoms with Gasteiger partial charge in [-0.25, -0.2) is 13.6 Å². The van der Waals surface area contributed by atoms with Gasteiger partial charge < -0.3 is 14.3 Å². The van der Waals surface area contributed by atoms with Crippen molar-refractivity contribution in [3.8, 4) is 0 Å². The Balaban J connectivity index is 2.78. The van der Waals surface area contributed by atoms with Gasteiger partial charge in [-0.1, -0.05) is 13.8 Å². The van der Waals surface area contributed by atoms with Crippen molar-refractivity contribution < 1.29 is 18.3 Å². The zero-order valence-corrected chi connectivity index (χ0v) is 12.1. The molecule has 4 nitrogen and oxygen atoms in total. The Labute approximate surface area is 119 Å². The number of benzene rings is 1. The van der Waals surface area contributed by atoms with E-state index in [2.05, 4.69) is 4.98 Å². The number of methoxy groups -OCH3 is 1. The standard InChI is InChI=1S/C13H14F2N2O2S/c1-6(2)11(12(18)19-3)17-9-5-7(14)4-8(15)10(9)16-13(17)20/h4-6,11H,1-3H3,(H,16,20). The van der Waals surface area contributed by atoms with Crippen LogP contribution >= 0.6 is 12.2 Å². The predicted octanol–water partition coefficient (Wildman–Crippen LogP) is 3.35. The molecule has 0 saturated heterocycles. The minimum atomic E-state index is -0.753. The first-order chi connectivity index (χ1) is 9.36. The zero-order valence-electron chi connectivity index (χ0n) is 11.2. The van der Waals surface area contributed by atoms with Crippen LogP contribution in [0.3, 0.4) is 0 Å². The van der Waals surface area contributed by atoms with E-state index >= 15 is 0 Å². The van der Waals surface area contributed by atoms with Crippen LogP contribution in [0.15, 0.2) is 12.1 Å². The fraction of sp³-hybridized carbons (Fsp3) is 0.385. The van der Waals surface area contributed by atoms with E-state index in [0.29, 0.717) is 0 Å². The maximum Gasteiger partial charge on any atom is 0.329 e. The summed E-state index contributed by atoms with van der Waals surface area (Å²) < 4.78 is 33.5. The summed E-state index contributed by atoms with van der Waals surface area (Å²) in [5.74, 6) is -2.15. The summed E-state index contributed by atoms with van der Waals surface area (Å²) in [7, 11) is 1.26. The average Bonchev–Trinajstić information content (AvgIpc) is 2.67. The van der Waals surface area contributed by atoms with E-state index in [-0.39, 0.29) is 21.7 Å². The SMILES string of the molecule is COC(=O)C(C(C)C)n1c(=S)[nH]c2c(F)cc(F)cc21. The number of halogens is 2. The van der Waals surface area contributed by atoms with Crippen LogP contribution in [0, 0.1) is 22.3 Å². The molecular weight excluding hydrogens is 286 g/mol. The van der Waals surface area contributed by atoms with Crippen LogP contribution in [0.2, 0.25) is 0 Å². The number of hydrogen-bond donors (Lipinski definition) is 1. The van der Waals surface area contributed by atoms with Crippen LogP contribution in [0.25, 0.3) is 11.0 Å². The Kier molecular flexibility index (Phi) is 3.89. The number of imidazole rings is 1. The van der Waals surface area contributed by atoms with E-state index in [4.69, 9.17) is 17.0 Å². The predicted molar refractivity (Wildman–Crippen MR) is 72.9 cm³/mol. The summed E-state index contributed by atoms with van der Waals surface area (Å²) in [5.41, 5.74) is 0.280. The molecular formula is C13H14F2N2O2S. The number of esters is 1. The van der Waals surface area contributed by atoms with Gasteiger partial charge >= 0.3 is 5.97 Å². The molecule has 20 heavy (non-hydrogen) atoms. The lowest BCUT2D eigenvalue weighted by molar-refractivity contribution is -0.145. The van der Waals surface area contributed by atoms with Crippen molar-refractivity contribution in [1.82, 2.24) is 9.55 Å². The molecule has 7 heteroatoms. The molecule has 0 radical (unpaired) electrons. The van der Waals surface area contributed by atoms with Gasteiger partial charge in [0, 0.05) is 6.07 Å². The number of ether oxygens (including phenoxy) is 1. The number of aromatic nitrogens is 2. The third-order valence-electron chi connectivity index (χ3n) is 3.10. The number of fused-ring (bicyclic) bond motifs is 1. The minimum Gasteiger partial charge on any atom is -0.467 e. The number of H-pyrrole nitrogens is 1. The van der Waals surface area contributed by atoms with Crippen molar-refractivity contribution in [2.24, 2.45) is 5.92 Å². The van der Waals surface area contributed by atoms with Crippen LogP contribution in [-0.4, -0.2) is 22.6 Å². The minimum absolute atomic E-state index is 0.0750. The number of carbonyl (C=O) groups is 1. The first-order valence-corrected chi connectivity index (χ1v) is 6.44. The highest BCUT2D eigenvalue weighted by Gasteiger charge is 2.28. The molecule has 0 aliphatic rings. The number of hydrogen-bond acceptors (Lipinski definition) is 3. The van der Waals surface area contributed by atoms with E-state index in [1.54, 1.807) is 13.8 Å². The van der Waals surface area contributed by atoms with E-state index < -0.39 is 23.6 Å². The summed E-state index contributed by atoms with van der Waals surface area (Å²) >= 11 is 5.13. The summed E-state index contributed by atoms with van der Waals surface area (Å²) in [6.07, 6.45) is 0. The molecule has 1 aromatic heterocycles. The Bertz CT molecular complexity index is 721. The molecule has 1 N–H and O–H groups in total. The molecule has 0 spiro atoms. The highest BCUT2D eigenvalue weighted by atomic mass is 32.1. The summed E-state index contributed by atoms with van der Waals surface area (Å²) in [4.78, 5) is 14.6. The Hall–Kier alpha value is -1.76. The molecule has 0 saturated carbocycles. The first-order valence-electron chi connectivity index (χ1n) is 6.04. The van der Waals surface area contributed by atoms with Gasteiger partial charge in [0.15, 0.2) is 10.6 Å². The average molecular weight is 300 g/mol. The topological polar surface area (TPSA) is 47.0 Å². The molecule has 1 atom stereocenters. The molecule has 0 aliphatic carbocycles. The second-order valence-corrected chi connectivity index (χ2v) is 5.18. The monoisotopic (exact) mass is 300 g/mol. The van der Waals surface area contributed by atoms with Crippen molar-refractivity contribution >= 4 is 29.2 Å². The van der Waals surface area contributed by atoms with Crippen molar-refractivity contribution in [2.75, 3.05) is 7.11 Å². The molecule has 2 aromatic rings. The van der Waals surface area contributed by atoms with Crippen molar-refractivity contribution in [3.05, 3.63) is 28.5 Å². The third-order valence-corrected chi connectivity index (χ3v) is 3.40. The van der Waals surface area contributed by atoms with Gasteiger partial charge in [-0.3, -0.25) is 0 Å². The molecule has 0 amide bonds. The highest BCUT2D eigenvalue weighted by Crippen LogP contribution is 2.27. The van der Waals surface area contributed by atoms with Gasteiger partial charge in [-0.2, -0.15) is 0 Å². The van der Waals surface area contributed by atoms with Gasteiger partial charge in [0.1, 0.15) is 17.4 Å². The van der Waals surface area contributed by atoms with Crippen molar-refractivity contribution in [1.29, 1.82) is 0 Å². The quantitative estimate of drug-likeness (QED) is 0.698. The van der Waals surface area contributed by atoms with Gasteiger partial charge in [-0.15, -0.1) is 0 Å². The molecule has 1 aromatic carbocycles. The van der Waals surface area contributed by atoms with Crippen molar-refractivity contribution in [3.63, 3.8) is 0 Å². The molecule has 108 valence electrons. The van der Waals surface area contributed by atoms with Crippen LogP contribution in [-0.2, 0) is 9.53 Å². The van der Waals surface area contributed by atoms with Crippen LogP contribution in [0.5, 0.6) is 0 Å². The normalized spacial score (nSPS) is 12.9. The molecule has 1 unspecified atom stereocenters. The molecule has 1 heterocycles. The number of nitrogens with one attached hydrogen (secondary N) is 1. The van der Waals surface area contributed by atoms with Gasteiger partial charge in [0.25, 0.3) is 0 Å². The van der Waals surface area contributed by atoms with Crippen LogP contribution in [0.4, 0.5) is 8.78 Å². The fourth-order valence-electron chi connectivity index (χ4n) is 2.22. The van der Waals surface area contributed by atoms with E-state index in [0.717, 1.165) is 12.1 Å². The maximum absolute atomic E-state index is 13.7. The summed E-state index contributed by atoms with van der Waals surface area (Å²) in [6.45, 7) is 3.61. The number of nitrogens with zero attached hydrogens (tertiary/aromatic N) is 1. The van der Waals surface area contributed by atoms with E-state index in [1.165, 1.54) is 11.7 Å². The lowest BCUT2D eigenvalue weighted by Gasteiger charge is -2.20. The second-order valence-electron chi connectivity index (χ2n) is 4.79. The number of rotatable bonds is 3. The van der Waals surface area contributed by atoms with E-state index in [9.17, 15) is 13.6 Å². The summed E-state index contributed by atoms with van der Waals surface area (Å²) in [5, 5.41) is 0. The van der Waals surface area contributed by atoms with E-state index in [1.807, 2.05) is 0 Å². The first kappa shape index (κ1) is 14.6. The number of carbonyl (C=O) groups excluding carboxylic acids is 1. The second kappa shape index (κ2) is 5.32. The lowest BCUT2D eigenvalue weighted by atomic mass is 10.0.